The van der Waals surface area contributed by atoms with E-state index in [1.165, 1.54) is 24.3 Å². The molecule has 0 spiro atoms. The number of halogens is 2. The molecule has 0 bridgehead atoms. The lowest BCUT2D eigenvalue weighted by atomic mass is 9.88. The Bertz CT molecular complexity index is 508. The van der Waals surface area contributed by atoms with Gasteiger partial charge in [-0.1, -0.05) is 24.3 Å². The van der Waals surface area contributed by atoms with Crippen LogP contribution in [-0.2, 0) is 0 Å². The van der Waals surface area contributed by atoms with Crippen molar-refractivity contribution in [3.8, 4) is 0 Å². The average Bonchev–Trinajstić information content (AvgIpc) is 2.37. The SMILES string of the molecule is NCCC(c1ccc(F)cc1)c1cccc(F)c1. The van der Waals surface area contributed by atoms with Crippen LogP contribution in [0.25, 0.3) is 0 Å². The summed E-state index contributed by atoms with van der Waals surface area (Å²) in [5.74, 6) is -0.535. The highest BCUT2D eigenvalue weighted by Crippen LogP contribution is 2.28. The first-order valence-corrected chi connectivity index (χ1v) is 5.91. The second kappa shape index (κ2) is 5.74. The minimum atomic E-state index is -0.274. The van der Waals surface area contributed by atoms with Gasteiger partial charge in [-0.15, -0.1) is 0 Å². The Kier molecular flexibility index (Phi) is 4.05. The maximum absolute atomic E-state index is 13.3. The molecule has 1 unspecified atom stereocenters. The fourth-order valence-corrected chi connectivity index (χ4v) is 2.11. The van der Waals surface area contributed by atoms with E-state index in [0.717, 1.165) is 11.1 Å². The summed E-state index contributed by atoms with van der Waals surface area (Å²) in [7, 11) is 0. The quantitative estimate of drug-likeness (QED) is 0.879. The summed E-state index contributed by atoms with van der Waals surface area (Å²) in [6.45, 7) is 0.499. The lowest BCUT2D eigenvalue weighted by Gasteiger charge is -2.17. The Balaban J connectivity index is 2.36. The van der Waals surface area contributed by atoms with Gasteiger partial charge >= 0.3 is 0 Å². The van der Waals surface area contributed by atoms with E-state index in [-0.39, 0.29) is 17.6 Å². The second-order valence-electron chi connectivity index (χ2n) is 4.24. The lowest BCUT2D eigenvalue weighted by Crippen LogP contribution is -2.09. The molecule has 1 atom stereocenters. The highest BCUT2D eigenvalue weighted by molar-refractivity contribution is 5.32. The van der Waals surface area contributed by atoms with Gasteiger partial charge in [-0.2, -0.15) is 0 Å². The van der Waals surface area contributed by atoms with Crippen LogP contribution in [0.4, 0.5) is 8.78 Å². The van der Waals surface area contributed by atoms with E-state index in [2.05, 4.69) is 0 Å². The van der Waals surface area contributed by atoms with Crippen LogP contribution in [0.3, 0.4) is 0 Å². The van der Waals surface area contributed by atoms with Gasteiger partial charge in [0, 0.05) is 5.92 Å². The third kappa shape index (κ3) is 2.93. The molecule has 0 aliphatic rings. The van der Waals surface area contributed by atoms with E-state index < -0.39 is 0 Å². The maximum atomic E-state index is 13.3. The van der Waals surface area contributed by atoms with Crippen molar-refractivity contribution in [1.82, 2.24) is 0 Å². The Morgan fingerprint density at radius 1 is 0.889 bits per heavy atom. The molecule has 1 nitrogen and oxygen atoms in total. The van der Waals surface area contributed by atoms with Crippen LogP contribution in [0.15, 0.2) is 48.5 Å². The van der Waals surface area contributed by atoms with Gasteiger partial charge in [-0.3, -0.25) is 0 Å². The van der Waals surface area contributed by atoms with Gasteiger partial charge in [0.15, 0.2) is 0 Å². The largest absolute Gasteiger partial charge is 0.330 e. The third-order valence-electron chi connectivity index (χ3n) is 2.98. The summed E-state index contributed by atoms with van der Waals surface area (Å²) in [5.41, 5.74) is 7.42. The number of hydrogen-bond donors (Lipinski definition) is 1. The van der Waals surface area contributed by atoms with Crippen molar-refractivity contribution in [1.29, 1.82) is 0 Å². The average molecular weight is 247 g/mol. The number of benzene rings is 2. The standard InChI is InChI=1S/C15H15F2N/c16-13-6-4-11(5-7-13)15(8-9-18)12-2-1-3-14(17)10-12/h1-7,10,15H,8-9,18H2. The van der Waals surface area contributed by atoms with Crippen molar-refractivity contribution in [3.05, 3.63) is 71.3 Å². The third-order valence-corrected chi connectivity index (χ3v) is 2.98. The summed E-state index contributed by atoms with van der Waals surface area (Å²) < 4.78 is 26.2. The van der Waals surface area contributed by atoms with E-state index in [4.69, 9.17) is 5.73 Å². The van der Waals surface area contributed by atoms with Crippen molar-refractivity contribution < 1.29 is 8.78 Å². The molecule has 2 rings (SSSR count). The minimum absolute atomic E-state index is 0.00583. The van der Waals surface area contributed by atoms with Gasteiger partial charge in [-0.25, -0.2) is 8.78 Å². The van der Waals surface area contributed by atoms with Crippen molar-refractivity contribution >= 4 is 0 Å². The fraction of sp³-hybridized carbons (Fsp3) is 0.200. The Hall–Kier alpha value is -1.74. The van der Waals surface area contributed by atoms with Crippen LogP contribution in [0.5, 0.6) is 0 Å². The van der Waals surface area contributed by atoms with Crippen LogP contribution < -0.4 is 5.73 Å². The van der Waals surface area contributed by atoms with Gasteiger partial charge in [0.2, 0.25) is 0 Å². The van der Waals surface area contributed by atoms with E-state index in [1.54, 1.807) is 18.2 Å². The Morgan fingerprint density at radius 3 is 2.22 bits per heavy atom. The summed E-state index contributed by atoms with van der Waals surface area (Å²) in [6, 6.07) is 12.7. The first-order valence-electron chi connectivity index (χ1n) is 5.91. The summed E-state index contributed by atoms with van der Waals surface area (Å²) in [5, 5.41) is 0. The van der Waals surface area contributed by atoms with Gasteiger partial charge in [0.05, 0.1) is 0 Å². The molecule has 0 saturated carbocycles. The molecule has 18 heavy (non-hydrogen) atoms. The second-order valence-corrected chi connectivity index (χ2v) is 4.24. The van der Waals surface area contributed by atoms with Crippen LogP contribution >= 0.6 is 0 Å². The van der Waals surface area contributed by atoms with E-state index >= 15 is 0 Å². The highest BCUT2D eigenvalue weighted by Gasteiger charge is 2.14. The summed E-state index contributed by atoms with van der Waals surface area (Å²) in [4.78, 5) is 0. The number of rotatable bonds is 4. The van der Waals surface area contributed by atoms with Crippen molar-refractivity contribution in [3.63, 3.8) is 0 Å². The molecule has 2 aromatic carbocycles. The zero-order chi connectivity index (χ0) is 13.0. The maximum Gasteiger partial charge on any atom is 0.123 e. The van der Waals surface area contributed by atoms with Crippen molar-refractivity contribution in [2.45, 2.75) is 12.3 Å². The molecular formula is C15H15F2N. The van der Waals surface area contributed by atoms with Gasteiger partial charge < -0.3 is 5.73 Å². The van der Waals surface area contributed by atoms with Crippen molar-refractivity contribution in [2.75, 3.05) is 6.54 Å². The Morgan fingerprint density at radius 2 is 1.61 bits per heavy atom. The lowest BCUT2D eigenvalue weighted by molar-refractivity contribution is 0.617. The van der Waals surface area contributed by atoms with Crippen LogP contribution in [0.2, 0.25) is 0 Å². The molecule has 0 radical (unpaired) electrons. The zero-order valence-electron chi connectivity index (χ0n) is 9.94. The van der Waals surface area contributed by atoms with E-state index in [9.17, 15) is 8.78 Å². The van der Waals surface area contributed by atoms with Gasteiger partial charge in [0.1, 0.15) is 11.6 Å². The fourth-order valence-electron chi connectivity index (χ4n) is 2.11. The van der Waals surface area contributed by atoms with E-state index in [0.29, 0.717) is 13.0 Å². The smallest absolute Gasteiger partial charge is 0.123 e. The molecule has 0 fully saturated rings. The summed E-state index contributed by atoms with van der Waals surface area (Å²) >= 11 is 0. The molecular weight excluding hydrogens is 232 g/mol. The normalized spacial score (nSPS) is 12.4. The molecule has 3 heteroatoms. The first-order chi connectivity index (χ1) is 8.70. The van der Waals surface area contributed by atoms with Crippen LogP contribution in [0, 0.1) is 11.6 Å². The molecule has 0 aromatic heterocycles. The van der Waals surface area contributed by atoms with Crippen LogP contribution in [0.1, 0.15) is 23.5 Å². The predicted molar refractivity (Wildman–Crippen MR) is 68.3 cm³/mol. The predicted octanol–water partition coefficient (Wildman–Crippen LogP) is 3.45. The molecule has 94 valence electrons. The van der Waals surface area contributed by atoms with Gasteiger partial charge in [0.25, 0.3) is 0 Å². The topological polar surface area (TPSA) is 26.0 Å². The first kappa shape index (κ1) is 12.7. The molecule has 0 heterocycles. The monoisotopic (exact) mass is 247 g/mol. The zero-order valence-corrected chi connectivity index (χ0v) is 9.94. The molecule has 0 saturated heterocycles. The molecule has 0 aliphatic heterocycles. The molecule has 2 N–H and O–H groups in total. The number of hydrogen-bond acceptors (Lipinski definition) is 1. The molecule has 2 aromatic rings. The molecule has 0 aliphatic carbocycles. The van der Waals surface area contributed by atoms with Crippen LogP contribution in [-0.4, -0.2) is 6.54 Å². The van der Waals surface area contributed by atoms with Crippen molar-refractivity contribution in [2.24, 2.45) is 5.73 Å². The number of nitrogens with two attached hydrogens (primary N) is 1. The summed E-state index contributed by atoms with van der Waals surface area (Å²) in [6.07, 6.45) is 0.703. The van der Waals surface area contributed by atoms with E-state index in [1.807, 2.05) is 6.07 Å². The highest BCUT2D eigenvalue weighted by atomic mass is 19.1. The Labute approximate surface area is 105 Å². The molecule has 0 amide bonds. The minimum Gasteiger partial charge on any atom is -0.330 e. The van der Waals surface area contributed by atoms with Gasteiger partial charge in [-0.05, 0) is 48.4 Å².